The molecule has 0 atom stereocenters. The highest BCUT2D eigenvalue weighted by Gasteiger charge is 2.09. The lowest BCUT2D eigenvalue weighted by molar-refractivity contribution is 0.217. The molecule has 0 amide bonds. The summed E-state index contributed by atoms with van der Waals surface area (Å²) >= 11 is 12.1. The summed E-state index contributed by atoms with van der Waals surface area (Å²) in [7, 11) is 3.46. The predicted molar refractivity (Wildman–Crippen MR) is 66.4 cm³/mol. The number of halogens is 2. The van der Waals surface area contributed by atoms with Crippen molar-refractivity contribution in [3.8, 4) is 5.75 Å². The fourth-order valence-corrected chi connectivity index (χ4v) is 1.86. The van der Waals surface area contributed by atoms with Crippen LogP contribution >= 0.6 is 23.2 Å². The van der Waals surface area contributed by atoms with Crippen molar-refractivity contribution in [2.24, 2.45) is 0 Å². The number of rotatable bonds is 5. The number of aliphatic hydroxyl groups excluding tert-OH is 1. The summed E-state index contributed by atoms with van der Waals surface area (Å²) in [6.07, 6.45) is 0. The standard InChI is InChI=1S/C11H15Cl2NO2/c1-14(3-4-15)7-8-5-10(13)11(16-2)6-9(8)12/h5-6,15H,3-4,7H2,1-2H3. The van der Waals surface area contributed by atoms with E-state index in [0.29, 0.717) is 28.9 Å². The molecule has 0 radical (unpaired) electrons. The second-order valence-corrected chi connectivity index (χ2v) is 4.35. The number of nitrogens with zero attached hydrogens (tertiary/aromatic N) is 1. The number of methoxy groups -OCH3 is 1. The van der Waals surface area contributed by atoms with Crippen molar-refractivity contribution in [2.45, 2.75) is 6.54 Å². The Labute approximate surface area is 106 Å². The molecule has 90 valence electrons. The van der Waals surface area contributed by atoms with Crippen molar-refractivity contribution in [1.82, 2.24) is 4.90 Å². The summed E-state index contributed by atoms with van der Waals surface area (Å²) in [5.41, 5.74) is 0.920. The van der Waals surface area contributed by atoms with Crippen LogP contribution in [-0.2, 0) is 6.54 Å². The van der Waals surface area contributed by atoms with E-state index < -0.39 is 0 Å². The van der Waals surface area contributed by atoms with Gasteiger partial charge in [-0.3, -0.25) is 4.90 Å². The first kappa shape index (κ1) is 13.6. The van der Waals surface area contributed by atoms with E-state index in [1.807, 2.05) is 11.9 Å². The normalized spacial score (nSPS) is 10.9. The summed E-state index contributed by atoms with van der Waals surface area (Å²) < 4.78 is 5.06. The van der Waals surface area contributed by atoms with E-state index in [1.165, 1.54) is 0 Å². The summed E-state index contributed by atoms with van der Waals surface area (Å²) in [5.74, 6) is 0.570. The number of likely N-dealkylation sites (N-methyl/N-ethyl adjacent to an activating group) is 1. The summed E-state index contributed by atoms with van der Waals surface area (Å²) in [4.78, 5) is 1.96. The topological polar surface area (TPSA) is 32.7 Å². The number of benzene rings is 1. The quantitative estimate of drug-likeness (QED) is 0.886. The van der Waals surface area contributed by atoms with E-state index in [4.69, 9.17) is 33.0 Å². The van der Waals surface area contributed by atoms with E-state index in [0.717, 1.165) is 5.56 Å². The molecule has 0 saturated carbocycles. The van der Waals surface area contributed by atoms with Gasteiger partial charge < -0.3 is 9.84 Å². The van der Waals surface area contributed by atoms with E-state index >= 15 is 0 Å². The van der Waals surface area contributed by atoms with Gasteiger partial charge in [-0.25, -0.2) is 0 Å². The van der Waals surface area contributed by atoms with Gasteiger partial charge in [0.25, 0.3) is 0 Å². The van der Waals surface area contributed by atoms with Crippen LogP contribution in [0.25, 0.3) is 0 Å². The first-order valence-electron chi connectivity index (χ1n) is 4.89. The Kier molecular flexibility index (Phi) is 5.35. The minimum atomic E-state index is 0.123. The third kappa shape index (κ3) is 3.52. The largest absolute Gasteiger partial charge is 0.495 e. The van der Waals surface area contributed by atoms with Crippen LogP contribution in [0.5, 0.6) is 5.75 Å². The molecule has 0 unspecified atom stereocenters. The summed E-state index contributed by atoms with van der Waals surface area (Å²) in [6.45, 7) is 1.36. The average Bonchev–Trinajstić information content (AvgIpc) is 2.23. The zero-order chi connectivity index (χ0) is 12.1. The lowest BCUT2D eigenvalue weighted by Gasteiger charge is -2.17. The molecule has 0 aliphatic rings. The van der Waals surface area contributed by atoms with Gasteiger partial charge in [-0.2, -0.15) is 0 Å². The van der Waals surface area contributed by atoms with Crippen molar-refractivity contribution < 1.29 is 9.84 Å². The number of hydrogen-bond donors (Lipinski definition) is 1. The monoisotopic (exact) mass is 263 g/mol. The number of ether oxygens (including phenoxy) is 1. The van der Waals surface area contributed by atoms with Crippen molar-refractivity contribution in [3.63, 3.8) is 0 Å². The van der Waals surface area contributed by atoms with E-state index in [9.17, 15) is 0 Å². The van der Waals surface area contributed by atoms with Gasteiger partial charge in [0.05, 0.1) is 18.7 Å². The van der Waals surface area contributed by atoms with E-state index in [-0.39, 0.29) is 6.61 Å². The van der Waals surface area contributed by atoms with Gasteiger partial charge in [0.15, 0.2) is 0 Å². The molecule has 0 heterocycles. The molecule has 3 nitrogen and oxygen atoms in total. The number of aliphatic hydroxyl groups is 1. The lowest BCUT2D eigenvalue weighted by atomic mass is 10.2. The van der Waals surface area contributed by atoms with Crippen LogP contribution in [-0.4, -0.2) is 37.3 Å². The summed E-state index contributed by atoms with van der Waals surface area (Å²) in [5, 5.41) is 9.96. The second-order valence-electron chi connectivity index (χ2n) is 3.54. The maximum Gasteiger partial charge on any atom is 0.138 e. The Morgan fingerprint density at radius 3 is 2.56 bits per heavy atom. The first-order chi connectivity index (χ1) is 7.58. The highest BCUT2D eigenvalue weighted by Crippen LogP contribution is 2.31. The average molecular weight is 264 g/mol. The molecule has 0 aliphatic heterocycles. The fourth-order valence-electron chi connectivity index (χ4n) is 1.39. The summed E-state index contributed by atoms with van der Waals surface area (Å²) in [6, 6.07) is 3.49. The Bertz CT molecular complexity index is 358. The Hall–Kier alpha value is -0.480. The zero-order valence-electron chi connectivity index (χ0n) is 9.33. The molecule has 0 aromatic heterocycles. The van der Waals surface area contributed by atoms with Gasteiger partial charge in [0, 0.05) is 24.2 Å². The maximum atomic E-state index is 8.80. The van der Waals surface area contributed by atoms with Crippen molar-refractivity contribution >= 4 is 23.2 Å². The van der Waals surface area contributed by atoms with Gasteiger partial charge >= 0.3 is 0 Å². The predicted octanol–water partition coefficient (Wildman–Crippen LogP) is 2.43. The molecule has 0 fully saturated rings. The van der Waals surface area contributed by atoms with Gasteiger partial charge in [0.2, 0.25) is 0 Å². The third-order valence-corrected chi connectivity index (χ3v) is 2.89. The Morgan fingerprint density at radius 1 is 1.31 bits per heavy atom. The number of hydrogen-bond acceptors (Lipinski definition) is 3. The lowest BCUT2D eigenvalue weighted by Crippen LogP contribution is -2.21. The highest BCUT2D eigenvalue weighted by atomic mass is 35.5. The molecule has 0 saturated heterocycles. The van der Waals surface area contributed by atoms with E-state index in [2.05, 4.69) is 0 Å². The van der Waals surface area contributed by atoms with Crippen LogP contribution < -0.4 is 4.74 Å². The van der Waals surface area contributed by atoms with E-state index in [1.54, 1.807) is 19.2 Å². The van der Waals surface area contributed by atoms with Crippen LogP contribution in [0.3, 0.4) is 0 Å². The molecule has 5 heteroatoms. The van der Waals surface area contributed by atoms with Crippen LogP contribution in [0, 0.1) is 0 Å². The van der Waals surface area contributed by atoms with Gasteiger partial charge in [-0.15, -0.1) is 0 Å². The van der Waals surface area contributed by atoms with Gasteiger partial charge in [0.1, 0.15) is 5.75 Å². The Balaban J connectivity index is 2.85. The highest BCUT2D eigenvalue weighted by molar-refractivity contribution is 6.34. The van der Waals surface area contributed by atoms with Crippen LogP contribution in [0.2, 0.25) is 10.0 Å². The molecule has 0 spiro atoms. The molecule has 1 aromatic carbocycles. The van der Waals surface area contributed by atoms with Crippen molar-refractivity contribution in [2.75, 3.05) is 27.3 Å². The smallest absolute Gasteiger partial charge is 0.138 e. The van der Waals surface area contributed by atoms with Crippen LogP contribution in [0.15, 0.2) is 12.1 Å². The van der Waals surface area contributed by atoms with Crippen molar-refractivity contribution in [1.29, 1.82) is 0 Å². The third-order valence-electron chi connectivity index (χ3n) is 2.24. The molecule has 16 heavy (non-hydrogen) atoms. The maximum absolute atomic E-state index is 8.80. The Morgan fingerprint density at radius 2 is 2.00 bits per heavy atom. The SMILES string of the molecule is COc1cc(Cl)c(CN(C)CCO)cc1Cl. The molecule has 1 N–H and O–H groups in total. The minimum absolute atomic E-state index is 0.123. The first-order valence-corrected chi connectivity index (χ1v) is 5.65. The molecular formula is C11H15Cl2NO2. The molecule has 1 rings (SSSR count). The molecule has 0 aliphatic carbocycles. The molecular weight excluding hydrogens is 249 g/mol. The molecule has 1 aromatic rings. The van der Waals surface area contributed by atoms with Gasteiger partial charge in [-0.05, 0) is 18.7 Å². The van der Waals surface area contributed by atoms with Gasteiger partial charge in [-0.1, -0.05) is 23.2 Å². The van der Waals surface area contributed by atoms with Crippen LogP contribution in [0.4, 0.5) is 0 Å². The van der Waals surface area contributed by atoms with Crippen molar-refractivity contribution in [3.05, 3.63) is 27.7 Å². The zero-order valence-corrected chi connectivity index (χ0v) is 10.8. The second kappa shape index (κ2) is 6.30. The fraction of sp³-hybridized carbons (Fsp3) is 0.455. The van der Waals surface area contributed by atoms with Crippen LogP contribution in [0.1, 0.15) is 5.56 Å². The molecule has 0 bridgehead atoms. The minimum Gasteiger partial charge on any atom is -0.495 e.